The first-order valence-electron chi connectivity index (χ1n) is 9.69. The van der Waals surface area contributed by atoms with Crippen molar-refractivity contribution in [2.45, 2.75) is 64.3 Å². The van der Waals surface area contributed by atoms with Gasteiger partial charge in [-0.25, -0.2) is 4.98 Å². The Hall–Kier alpha value is -2.40. The third kappa shape index (κ3) is 5.07. The van der Waals surface area contributed by atoms with Crippen LogP contribution in [0.4, 0.5) is 0 Å². The molecule has 1 aliphatic carbocycles. The van der Waals surface area contributed by atoms with E-state index in [0.717, 1.165) is 12.8 Å². The summed E-state index contributed by atoms with van der Waals surface area (Å²) in [5.74, 6) is 1.55. The first kappa shape index (κ1) is 19.4. The van der Waals surface area contributed by atoms with Gasteiger partial charge in [0.05, 0.1) is 11.6 Å². The number of aromatic nitrogens is 1. The fraction of sp³-hybridized carbons (Fsp3) is 0.455. The van der Waals surface area contributed by atoms with Crippen molar-refractivity contribution in [2.75, 3.05) is 0 Å². The SMILES string of the molecule is CC(C)(C)c1ccc(Oc2ncccc2C(=NC2CCCCC2)NO)cc1. The molecule has 1 heterocycles. The second-order valence-electron chi connectivity index (χ2n) is 8.11. The molecule has 5 heteroatoms. The van der Waals surface area contributed by atoms with Crippen LogP contribution in [0.15, 0.2) is 47.6 Å². The molecule has 0 spiro atoms. The molecule has 0 unspecified atom stereocenters. The van der Waals surface area contributed by atoms with Crippen LogP contribution in [-0.2, 0) is 5.41 Å². The molecule has 2 aromatic rings. The third-order valence-electron chi connectivity index (χ3n) is 4.95. The smallest absolute Gasteiger partial charge is 0.230 e. The van der Waals surface area contributed by atoms with Gasteiger partial charge in [-0.15, -0.1) is 0 Å². The Morgan fingerprint density at radius 1 is 1.11 bits per heavy atom. The molecule has 0 bridgehead atoms. The summed E-state index contributed by atoms with van der Waals surface area (Å²) in [5, 5.41) is 9.66. The highest BCUT2D eigenvalue weighted by Gasteiger charge is 2.18. The third-order valence-corrected chi connectivity index (χ3v) is 4.95. The molecule has 2 N–H and O–H groups in total. The summed E-state index contributed by atoms with van der Waals surface area (Å²) >= 11 is 0. The number of pyridine rings is 1. The molecular formula is C22H29N3O2. The summed E-state index contributed by atoms with van der Waals surface area (Å²) in [6.07, 6.45) is 7.41. The number of hydrogen-bond donors (Lipinski definition) is 2. The van der Waals surface area contributed by atoms with Crippen molar-refractivity contribution < 1.29 is 9.94 Å². The van der Waals surface area contributed by atoms with Crippen molar-refractivity contribution in [3.63, 3.8) is 0 Å². The van der Waals surface area contributed by atoms with Crippen LogP contribution in [0, 0.1) is 0 Å². The Bertz CT molecular complexity index is 773. The minimum absolute atomic E-state index is 0.0926. The molecule has 1 saturated carbocycles. The van der Waals surface area contributed by atoms with Crippen LogP contribution < -0.4 is 10.2 Å². The zero-order chi connectivity index (χ0) is 19.3. The Morgan fingerprint density at radius 3 is 2.44 bits per heavy atom. The standard InChI is InChI=1S/C22H29N3O2/c1-22(2,3)16-11-13-18(14-12-16)27-21-19(10-7-15-23-21)20(25-26)24-17-8-5-4-6-9-17/h7,10-15,17,26H,4-6,8-9H2,1-3H3,(H,24,25). The fourth-order valence-electron chi connectivity index (χ4n) is 3.34. The molecule has 0 amide bonds. The first-order valence-corrected chi connectivity index (χ1v) is 9.69. The van der Waals surface area contributed by atoms with E-state index < -0.39 is 0 Å². The minimum atomic E-state index is 0.0926. The summed E-state index contributed by atoms with van der Waals surface area (Å²) in [6, 6.07) is 11.9. The van der Waals surface area contributed by atoms with E-state index in [1.54, 1.807) is 6.20 Å². The van der Waals surface area contributed by atoms with E-state index in [9.17, 15) is 5.21 Å². The average Bonchev–Trinajstić information content (AvgIpc) is 2.67. The molecule has 0 aliphatic heterocycles. The number of amidine groups is 1. The highest BCUT2D eigenvalue weighted by molar-refractivity contribution is 6.00. The minimum Gasteiger partial charge on any atom is -0.438 e. The van der Waals surface area contributed by atoms with Gasteiger partial charge in [0.1, 0.15) is 5.75 Å². The predicted octanol–water partition coefficient (Wildman–Crippen LogP) is 5.23. The maximum atomic E-state index is 9.66. The van der Waals surface area contributed by atoms with Gasteiger partial charge in [0.25, 0.3) is 0 Å². The Labute approximate surface area is 161 Å². The average molecular weight is 367 g/mol. The summed E-state index contributed by atoms with van der Waals surface area (Å²) in [5.41, 5.74) is 4.24. The maximum Gasteiger partial charge on any atom is 0.230 e. The Morgan fingerprint density at radius 2 is 1.81 bits per heavy atom. The van der Waals surface area contributed by atoms with Gasteiger partial charge >= 0.3 is 0 Å². The van der Waals surface area contributed by atoms with Crippen molar-refractivity contribution >= 4 is 5.84 Å². The van der Waals surface area contributed by atoms with Crippen LogP contribution in [0.1, 0.15) is 64.0 Å². The summed E-state index contributed by atoms with van der Waals surface area (Å²) in [7, 11) is 0. The molecule has 1 aromatic heterocycles. The van der Waals surface area contributed by atoms with Crippen LogP contribution in [0.5, 0.6) is 11.6 Å². The molecule has 1 aromatic carbocycles. The lowest BCUT2D eigenvalue weighted by molar-refractivity contribution is 0.233. The Balaban J connectivity index is 1.83. The normalized spacial score (nSPS) is 16.2. The number of nitrogens with zero attached hydrogens (tertiary/aromatic N) is 2. The van der Waals surface area contributed by atoms with Gasteiger partial charge in [-0.2, -0.15) is 0 Å². The number of hydroxylamine groups is 1. The second-order valence-corrected chi connectivity index (χ2v) is 8.11. The summed E-state index contributed by atoms with van der Waals surface area (Å²) < 4.78 is 6.01. The highest BCUT2D eigenvalue weighted by Crippen LogP contribution is 2.28. The van der Waals surface area contributed by atoms with E-state index in [4.69, 9.17) is 9.73 Å². The quantitative estimate of drug-likeness (QED) is 0.441. The van der Waals surface area contributed by atoms with Gasteiger partial charge in [0, 0.05) is 6.20 Å². The molecule has 0 saturated heterocycles. The van der Waals surface area contributed by atoms with E-state index in [1.807, 2.05) is 24.3 Å². The van der Waals surface area contributed by atoms with E-state index >= 15 is 0 Å². The van der Waals surface area contributed by atoms with Crippen molar-refractivity contribution in [3.05, 3.63) is 53.7 Å². The van der Waals surface area contributed by atoms with Crippen LogP contribution in [0.3, 0.4) is 0 Å². The number of rotatable bonds is 4. The number of benzene rings is 1. The zero-order valence-corrected chi connectivity index (χ0v) is 16.4. The monoisotopic (exact) mass is 367 g/mol. The highest BCUT2D eigenvalue weighted by atomic mass is 16.5. The van der Waals surface area contributed by atoms with E-state index in [1.165, 1.54) is 24.8 Å². The lowest BCUT2D eigenvalue weighted by Gasteiger charge is -2.20. The van der Waals surface area contributed by atoms with Gasteiger partial charge in [-0.3, -0.25) is 15.7 Å². The molecule has 27 heavy (non-hydrogen) atoms. The van der Waals surface area contributed by atoms with Crippen LogP contribution in [0.25, 0.3) is 0 Å². The van der Waals surface area contributed by atoms with Crippen molar-refractivity contribution in [2.24, 2.45) is 4.99 Å². The summed E-state index contributed by atoms with van der Waals surface area (Å²) in [4.78, 5) is 9.06. The largest absolute Gasteiger partial charge is 0.438 e. The predicted molar refractivity (Wildman–Crippen MR) is 108 cm³/mol. The van der Waals surface area contributed by atoms with Crippen molar-refractivity contribution in [1.29, 1.82) is 0 Å². The summed E-state index contributed by atoms with van der Waals surface area (Å²) in [6.45, 7) is 6.54. The molecule has 0 radical (unpaired) electrons. The fourth-order valence-corrected chi connectivity index (χ4v) is 3.34. The molecule has 0 atom stereocenters. The van der Waals surface area contributed by atoms with Gasteiger partial charge in [0.15, 0.2) is 5.84 Å². The second kappa shape index (κ2) is 8.53. The van der Waals surface area contributed by atoms with Crippen LogP contribution in [-0.4, -0.2) is 22.1 Å². The lowest BCUT2D eigenvalue weighted by Crippen LogP contribution is -2.25. The van der Waals surface area contributed by atoms with Crippen LogP contribution >= 0.6 is 0 Å². The molecule has 1 fully saturated rings. The van der Waals surface area contributed by atoms with Crippen molar-refractivity contribution in [3.8, 4) is 11.6 Å². The number of aliphatic imine (C=N–C) groups is 1. The molecule has 1 aliphatic rings. The maximum absolute atomic E-state index is 9.66. The van der Waals surface area contributed by atoms with Gasteiger partial charge in [0.2, 0.25) is 5.88 Å². The molecule has 5 nitrogen and oxygen atoms in total. The van der Waals surface area contributed by atoms with E-state index in [2.05, 4.69) is 43.4 Å². The number of hydrogen-bond acceptors (Lipinski definition) is 4. The van der Waals surface area contributed by atoms with Crippen LogP contribution in [0.2, 0.25) is 0 Å². The van der Waals surface area contributed by atoms with Gasteiger partial charge in [-0.1, -0.05) is 52.2 Å². The number of ether oxygens (including phenoxy) is 1. The molecule has 3 rings (SSSR count). The molecular weight excluding hydrogens is 338 g/mol. The first-order chi connectivity index (χ1) is 13.0. The Kier molecular flexibility index (Phi) is 6.11. The van der Waals surface area contributed by atoms with Gasteiger partial charge < -0.3 is 4.74 Å². The molecule has 144 valence electrons. The topological polar surface area (TPSA) is 66.7 Å². The zero-order valence-electron chi connectivity index (χ0n) is 16.4. The lowest BCUT2D eigenvalue weighted by atomic mass is 9.87. The number of nitrogens with one attached hydrogen (secondary N) is 1. The van der Waals surface area contributed by atoms with E-state index in [0.29, 0.717) is 23.0 Å². The van der Waals surface area contributed by atoms with Gasteiger partial charge in [-0.05, 0) is 48.1 Å². The van der Waals surface area contributed by atoms with E-state index in [-0.39, 0.29) is 11.5 Å². The van der Waals surface area contributed by atoms with Crippen molar-refractivity contribution in [1.82, 2.24) is 10.5 Å².